The van der Waals surface area contributed by atoms with Crippen molar-refractivity contribution in [3.05, 3.63) is 12.2 Å². The lowest BCUT2D eigenvalue weighted by Gasteiger charge is -2.08. The zero-order valence-electron chi connectivity index (χ0n) is 8.55. The molecule has 0 aliphatic carbocycles. The maximum absolute atomic E-state index is 10.5. The van der Waals surface area contributed by atoms with Gasteiger partial charge in [-0.05, 0) is 6.92 Å². The van der Waals surface area contributed by atoms with Crippen LogP contribution in [0.15, 0.2) is 6.33 Å². The van der Waals surface area contributed by atoms with Crippen LogP contribution in [0, 0.1) is 0 Å². The lowest BCUT2D eigenvalue weighted by molar-refractivity contribution is -0.125. The molecule has 1 aromatic heterocycles. The van der Waals surface area contributed by atoms with E-state index in [1.54, 1.807) is 4.68 Å². The first-order chi connectivity index (χ1) is 7.15. The number of amides is 1. The van der Waals surface area contributed by atoms with Gasteiger partial charge in [0, 0.05) is 13.1 Å². The fourth-order valence-electron chi connectivity index (χ4n) is 1.11. The van der Waals surface area contributed by atoms with Crippen LogP contribution in [0.5, 0.6) is 0 Å². The molecule has 0 fully saturated rings. The van der Waals surface area contributed by atoms with E-state index in [4.69, 9.17) is 10.8 Å². The summed E-state index contributed by atoms with van der Waals surface area (Å²) < 4.78 is 1.73. The van der Waals surface area contributed by atoms with Crippen LogP contribution in [0.25, 0.3) is 0 Å². The van der Waals surface area contributed by atoms with Gasteiger partial charge in [-0.25, -0.2) is 9.67 Å². The van der Waals surface area contributed by atoms with Crippen molar-refractivity contribution in [1.29, 1.82) is 0 Å². The molecule has 0 aromatic carbocycles. The summed E-state index contributed by atoms with van der Waals surface area (Å²) in [6, 6.07) is 0. The summed E-state index contributed by atoms with van der Waals surface area (Å²) in [6.45, 7) is 3.25. The van der Waals surface area contributed by atoms with E-state index in [0.717, 1.165) is 12.4 Å². The number of hydrogen-bond acceptors (Lipinski definition) is 5. The minimum atomic E-state index is -1.16. The quantitative estimate of drug-likeness (QED) is 0.518. The Labute approximate surface area is 87.3 Å². The number of aryl methyl sites for hydroxylation is 1. The lowest BCUT2D eigenvalue weighted by atomic mass is 10.3. The van der Waals surface area contributed by atoms with Crippen molar-refractivity contribution < 1.29 is 9.90 Å². The molecule has 4 N–H and O–H groups in total. The Morgan fingerprint density at radius 2 is 2.53 bits per heavy atom. The molecule has 7 nitrogen and oxygen atoms in total. The minimum Gasteiger partial charge on any atom is -0.382 e. The van der Waals surface area contributed by atoms with E-state index in [0.29, 0.717) is 6.54 Å². The van der Waals surface area contributed by atoms with Crippen molar-refractivity contribution >= 4 is 5.91 Å². The van der Waals surface area contributed by atoms with Crippen LogP contribution in [-0.2, 0) is 17.9 Å². The number of aliphatic hydroxyl groups excluding tert-OH is 1. The number of aliphatic hydroxyl groups is 1. The molecule has 0 aliphatic rings. The van der Waals surface area contributed by atoms with Gasteiger partial charge in [0.15, 0.2) is 0 Å². The summed E-state index contributed by atoms with van der Waals surface area (Å²) in [5.74, 6) is 0.0219. The van der Waals surface area contributed by atoms with Crippen molar-refractivity contribution in [2.75, 3.05) is 6.54 Å². The fraction of sp³-hybridized carbons (Fsp3) is 0.625. The van der Waals surface area contributed by atoms with E-state index in [1.807, 2.05) is 6.92 Å². The number of primary amides is 1. The van der Waals surface area contributed by atoms with Crippen LogP contribution >= 0.6 is 0 Å². The molecule has 0 spiro atoms. The topological polar surface area (TPSA) is 106 Å². The van der Waals surface area contributed by atoms with Gasteiger partial charge < -0.3 is 16.2 Å². The molecule has 1 rings (SSSR count). The molecule has 15 heavy (non-hydrogen) atoms. The Balaban J connectivity index is 2.34. The number of rotatable bonds is 6. The van der Waals surface area contributed by atoms with Crippen LogP contribution in [0.2, 0.25) is 0 Å². The van der Waals surface area contributed by atoms with Gasteiger partial charge >= 0.3 is 0 Å². The SMILES string of the molecule is CCn1ncnc1CNCC(O)C(N)=O. The summed E-state index contributed by atoms with van der Waals surface area (Å²) in [4.78, 5) is 14.5. The fourth-order valence-corrected chi connectivity index (χ4v) is 1.11. The third-order valence-electron chi connectivity index (χ3n) is 1.94. The molecule has 0 bridgehead atoms. The lowest BCUT2D eigenvalue weighted by Crippen LogP contribution is -2.37. The number of carbonyl (C=O) groups excluding carboxylic acids is 1. The largest absolute Gasteiger partial charge is 0.382 e. The maximum Gasteiger partial charge on any atom is 0.247 e. The Morgan fingerprint density at radius 3 is 3.13 bits per heavy atom. The third kappa shape index (κ3) is 3.30. The van der Waals surface area contributed by atoms with E-state index >= 15 is 0 Å². The molecule has 0 saturated carbocycles. The number of hydrogen-bond donors (Lipinski definition) is 3. The monoisotopic (exact) mass is 213 g/mol. The van der Waals surface area contributed by atoms with Crippen LogP contribution in [0.4, 0.5) is 0 Å². The first kappa shape index (κ1) is 11.6. The number of carbonyl (C=O) groups is 1. The van der Waals surface area contributed by atoms with E-state index in [2.05, 4.69) is 15.4 Å². The van der Waals surface area contributed by atoms with Crippen molar-refractivity contribution in [1.82, 2.24) is 20.1 Å². The molecule has 0 saturated heterocycles. The molecule has 1 amide bonds. The van der Waals surface area contributed by atoms with E-state index in [1.165, 1.54) is 6.33 Å². The van der Waals surface area contributed by atoms with Crippen molar-refractivity contribution in [2.45, 2.75) is 26.1 Å². The average Bonchev–Trinajstić information content (AvgIpc) is 2.65. The second-order valence-electron chi connectivity index (χ2n) is 3.04. The van der Waals surface area contributed by atoms with Gasteiger partial charge in [-0.2, -0.15) is 5.10 Å². The minimum absolute atomic E-state index is 0.117. The molecule has 1 heterocycles. The predicted octanol–water partition coefficient (Wildman–Crippen LogP) is -1.77. The number of aromatic nitrogens is 3. The van der Waals surface area contributed by atoms with Crippen LogP contribution in [0.3, 0.4) is 0 Å². The average molecular weight is 213 g/mol. The highest BCUT2D eigenvalue weighted by atomic mass is 16.3. The molecular formula is C8H15N5O2. The number of nitrogens with two attached hydrogens (primary N) is 1. The molecule has 0 radical (unpaired) electrons. The van der Waals surface area contributed by atoms with E-state index in [9.17, 15) is 4.79 Å². The molecule has 1 atom stereocenters. The zero-order chi connectivity index (χ0) is 11.3. The molecule has 0 aliphatic heterocycles. The highest BCUT2D eigenvalue weighted by Gasteiger charge is 2.10. The summed E-state index contributed by atoms with van der Waals surface area (Å²) in [5, 5.41) is 16.0. The highest BCUT2D eigenvalue weighted by Crippen LogP contribution is 1.92. The normalized spacial score (nSPS) is 12.7. The third-order valence-corrected chi connectivity index (χ3v) is 1.94. The second kappa shape index (κ2) is 5.42. The molecule has 7 heteroatoms. The Hall–Kier alpha value is -1.47. The summed E-state index contributed by atoms with van der Waals surface area (Å²) in [6.07, 6.45) is 0.299. The van der Waals surface area contributed by atoms with Crippen LogP contribution in [-0.4, -0.2) is 38.4 Å². The smallest absolute Gasteiger partial charge is 0.247 e. The van der Waals surface area contributed by atoms with E-state index in [-0.39, 0.29) is 6.54 Å². The number of nitrogens with one attached hydrogen (secondary N) is 1. The molecule has 84 valence electrons. The van der Waals surface area contributed by atoms with Gasteiger partial charge in [0.2, 0.25) is 5.91 Å². The molecular weight excluding hydrogens is 198 g/mol. The predicted molar refractivity (Wildman–Crippen MR) is 52.6 cm³/mol. The summed E-state index contributed by atoms with van der Waals surface area (Å²) >= 11 is 0. The maximum atomic E-state index is 10.5. The zero-order valence-corrected chi connectivity index (χ0v) is 8.55. The Kier molecular flexibility index (Phi) is 4.19. The Morgan fingerprint density at radius 1 is 1.80 bits per heavy atom. The second-order valence-corrected chi connectivity index (χ2v) is 3.04. The Bertz CT molecular complexity index is 325. The van der Waals surface area contributed by atoms with Gasteiger partial charge in [0.25, 0.3) is 0 Å². The first-order valence-electron chi connectivity index (χ1n) is 4.70. The van der Waals surface area contributed by atoms with Gasteiger partial charge in [-0.3, -0.25) is 4.79 Å². The van der Waals surface area contributed by atoms with Crippen molar-refractivity contribution in [3.8, 4) is 0 Å². The van der Waals surface area contributed by atoms with E-state index < -0.39 is 12.0 Å². The number of nitrogens with zero attached hydrogens (tertiary/aromatic N) is 3. The van der Waals surface area contributed by atoms with Crippen LogP contribution in [0.1, 0.15) is 12.7 Å². The first-order valence-corrected chi connectivity index (χ1v) is 4.70. The van der Waals surface area contributed by atoms with Gasteiger partial charge in [0.1, 0.15) is 18.3 Å². The van der Waals surface area contributed by atoms with Crippen LogP contribution < -0.4 is 11.1 Å². The summed E-state index contributed by atoms with van der Waals surface area (Å²) in [5.41, 5.74) is 4.89. The standard InChI is InChI=1S/C8H15N5O2/c1-2-13-7(11-5-12-13)4-10-3-6(14)8(9)15/h5-6,10,14H,2-4H2,1H3,(H2,9,15). The van der Waals surface area contributed by atoms with Gasteiger partial charge in [-0.1, -0.05) is 0 Å². The van der Waals surface area contributed by atoms with Gasteiger partial charge in [-0.15, -0.1) is 0 Å². The highest BCUT2D eigenvalue weighted by molar-refractivity contribution is 5.78. The molecule has 1 aromatic rings. The van der Waals surface area contributed by atoms with Crippen molar-refractivity contribution in [3.63, 3.8) is 0 Å². The molecule has 1 unspecified atom stereocenters. The summed E-state index contributed by atoms with van der Waals surface area (Å²) in [7, 11) is 0. The van der Waals surface area contributed by atoms with Gasteiger partial charge in [0.05, 0.1) is 6.54 Å². The van der Waals surface area contributed by atoms with Crippen molar-refractivity contribution in [2.24, 2.45) is 5.73 Å².